The van der Waals surface area contributed by atoms with Crippen LogP contribution in [0.25, 0.3) is 11.3 Å². The molecule has 1 aromatic carbocycles. The van der Waals surface area contributed by atoms with Crippen LogP contribution in [0.4, 0.5) is 4.39 Å². The highest BCUT2D eigenvalue weighted by Gasteiger charge is 2.05. The minimum Gasteiger partial charge on any atom is -0.256 e. The first-order valence-electron chi connectivity index (χ1n) is 4.05. The zero-order chi connectivity index (χ0) is 9.97. The first kappa shape index (κ1) is 9.16. The first-order chi connectivity index (χ1) is 6.77. The van der Waals surface area contributed by atoms with Gasteiger partial charge in [0.2, 0.25) is 0 Å². The van der Waals surface area contributed by atoms with E-state index in [2.05, 4.69) is 11.1 Å². The Balaban J connectivity index is 2.57. The molecule has 1 aromatic heterocycles. The monoisotopic (exact) mass is 206 g/mol. The summed E-state index contributed by atoms with van der Waals surface area (Å²) in [5.41, 5.74) is 0.932. The Bertz CT molecular complexity index is 442. The topological polar surface area (TPSA) is 12.9 Å². The van der Waals surface area contributed by atoms with Crippen LogP contribution in [0.15, 0.2) is 36.5 Å². The van der Waals surface area contributed by atoms with Gasteiger partial charge in [-0.2, -0.15) is 0 Å². The van der Waals surface area contributed by atoms with Gasteiger partial charge in [-0.3, -0.25) is 4.98 Å². The second kappa shape index (κ2) is 3.76. The molecule has 1 heterocycles. The third-order valence-electron chi connectivity index (χ3n) is 1.81. The van der Waals surface area contributed by atoms with Crippen LogP contribution in [-0.4, -0.2) is 4.98 Å². The van der Waals surface area contributed by atoms with E-state index in [1.165, 1.54) is 12.1 Å². The van der Waals surface area contributed by atoms with Crippen LogP contribution >= 0.6 is 11.6 Å². The smallest absolute Gasteiger partial charge is 0.132 e. The lowest BCUT2D eigenvalue weighted by molar-refractivity contribution is 0.631. The molecule has 0 N–H and O–H groups in total. The van der Waals surface area contributed by atoms with Crippen LogP contribution in [0, 0.1) is 11.9 Å². The van der Waals surface area contributed by atoms with Gasteiger partial charge in [-0.05, 0) is 36.4 Å². The van der Waals surface area contributed by atoms with Crippen molar-refractivity contribution in [3.8, 4) is 11.3 Å². The number of aromatic nitrogens is 1. The molecule has 0 unspecified atom stereocenters. The number of pyridine rings is 1. The molecule has 0 aliphatic heterocycles. The van der Waals surface area contributed by atoms with Crippen molar-refractivity contribution < 1.29 is 4.39 Å². The number of hydrogen-bond donors (Lipinski definition) is 0. The molecule has 1 nitrogen and oxygen atoms in total. The van der Waals surface area contributed by atoms with Crippen LogP contribution < -0.4 is 0 Å². The SMILES string of the molecule is Fc1ccc(Cl)cc1-c1c[c]ccn1. The highest BCUT2D eigenvalue weighted by molar-refractivity contribution is 6.30. The fraction of sp³-hybridized carbons (Fsp3) is 0. The van der Waals surface area contributed by atoms with Gasteiger partial charge in [-0.15, -0.1) is 0 Å². The Kier molecular flexibility index (Phi) is 2.46. The van der Waals surface area contributed by atoms with E-state index in [1.54, 1.807) is 24.4 Å². The summed E-state index contributed by atoms with van der Waals surface area (Å²) >= 11 is 5.76. The molecule has 0 amide bonds. The lowest BCUT2D eigenvalue weighted by atomic mass is 10.1. The maximum atomic E-state index is 13.3. The minimum absolute atomic E-state index is 0.332. The molecule has 0 aliphatic carbocycles. The summed E-state index contributed by atoms with van der Waals surface area (Å²) in [4.78, 5) is 4.02. The van der Waals surface area contributed by atoms with Crippen molar-refractivity contribution in [1.82, 2.24) is 4.98 Å². The van der Waals surface area contributed by atoms with E-state index in [0.717, 1.165) is 0 Å². The van der Waals surface area contributed by atoms with Crippen molar-refractivity contribution in [2.75, 3.05) is 0 Å². The molecule has 14 heavy (non-hydrogen) atoms. The maximum absolute atomic E-state index is 13.3. The number of nitrogens with zero attached hydrogens (tertiary/aromatic N) is 1. The van der Waals surface area contributed by atoms with Crippen LogP contribution in [0.2, 0.25) is 5.02 Å². The summed E-state index contributed by atoms with van der Waals surface area (Å²) in [5.74, 6) is -0.332. The van der Waals surface area contributed by atoms with E-state index in [9.17, 15) is 4.39 Å². The van der Waals surface area contributed by atoms with E-state index in [-0.39, 0.29) is 5.82 Å². The van der Waals surface area contributed by atoms with Gasteiger partial charge < -0.3 is 0 Å². The molecule has 0 bridgehead atoms. The number of rotatable bonds is 1. The maximum Gasteiger partial charge on any atom is 0.132 e. The minimum atomic E-state index is -0.332. The Morgan fingerprint density at radius 3 is 2.93 bits per heavy atom. The van der Waals surface area contributed by atoms with Gasteiger partial charge in [0.05, 0.1) is 5.69 Å². The Morgan fingerprint density at radius 2 is 2.21 bits per heavy atom. The average Bonchev–Trinajstić information content (AvgIpc) is 2.23. The molecule has 0 fully saturated rings. The number of benzene rings is 1. The zero-order valence-electron chi connectivity index (χ0n) is 7.17. The average molecular weight is 207 g/mol. The highest BCUT2D eigenvalue weighted by Crippen LogP contribution is 2.23. The Labute approximate surface area is 86.2 Å². The van der Waals surface area contributed by atoms with Crippen molar-refractivity contribution in [3.05, 3.63) is 53.4 Å². The predicted octanol–water partition coefficient (Wildman–Crippen LogP) is 3.34. The van der Waals surface area contributed by atoms with Gasteiger partial charge in [0.1, 0.15) is 5.82 Å². The molecule has 0 saturated heterocycles. The molecule has 69 valence electrons. The van der Waals surface area contributed by atoms with Crippen molar-refractivity contribution in [3.63, 3.8) is 0 Å². The van der Waals surface area contributed by atoms with Gasteiger partial charge in [-0.1, -0.05) is 11.6 Å². The van der Waals surface area contributed by atoms with Gasteiger partial charge in [0, 0.05) is 16.8 Å². The summed E-state index contributed by atoms with van der Waals surface area (Å²) in [5, 5.41) is 0.493. The molecule has 0 spiro atoms. The molecule has 0 atom stereocenters. The first-order valence-corrected chi connectivity index (χ1v) is 4.43. The molecule has 2 rings (SSSR count). The van der Waals surface area contributed by atoms with E-state index in [4.69, 9.17) is 11.6 Å². The molecular formula is C11H6ClFN. The quantitative estimate of drug-likeness (QED) is 0.698. The van der Waals surface area contributed by atoms with Crippen molar-refractivity contribution in [2.24, 2.45) is 0 Å². The third-order valence-corrected chi connectivity index (χ3v) is 2.04. The van der Waals surface area contributed by atoms with Gasteiger partial charge in [0.25, 0.3) is 0 Å². The summed E-state index contributed by atoms with van der Waals surface area (Å²) in [6, 6.07) is 10.5. The number of hydrogen-bond acceptors (Lipinski definition) is 1. The van der Waals surface area contributed by atoms with E-state index in [1.807, 2.05) is 0 Å². The van der Waals surface area contributed by atoms with Gasteiger partial charge >= 0.3 is 0 Å². The Morgan fingerprint density at radius 1 is 1.36 bits per heavy atom. The van der Waals surface area contributed by atoms with Crippen molar-refractivity contribution in [1.29, 1.82) is 0 Å². The Hall–Kier alpha value is -1.41. The van der Waals surface area contributed by atoms with Gasteiger partial charge in [0.15, 0.2) is 0 Å². The van der Waals surface area contributed by atoms with Gasteiger partial charge in [-0.25, -0.2) is 4.39 Å². The third kappa shape index (κ3) is 1.75. The van der Waals surface area contributed by atoms with Crippen molar-refractivity contribution >= 4 is 11.6 Å². The summed E-state index contributed by atoms with van der Waals surface area (Å²) < 4.78 is 13.3. The van der Waals surface area contributed by atoms with E-state index < -0.39 is 0 Å². The zero-order valence-corrected chi connectivity index (χ0v) is 7.92. The second-order valence-electron chi connectivity index (χ2n) is 2.77. The summed E-state index contributed by atoms with van der Waals surface area (Å²) in [7, 11) is 0. The van der Waals surface area contributed by atoms with Crippen LogP contribution in [0.1, 0.15) is 0 Å². The largest absolute Gasteiger partial charge is 0.256 e. The summed E-state index contributed by atoms with van der Waals surface area (Å²) in [6.07, 6.45) is 1.57. The highest BCUT2D eigenvalue weighted by atomic mass is 35.5. The lowest BCUT2D eigenvalue weighted by Gasteiger charge is -2.01. The molecule has 3 heteroatoms. The van der Waals surface area contributed by atoms with E-state index in [0.29, 0.717) is 16.3 Å². The van der Waals surface area contributed by atoms with Crippen LogP contribution in [0.5, 0.6) is 0 Å². The fourth-order valence-corrected chi connectivity index (χ4v) is 1.34. The fourth-order valence-electron chi connectivity index (χ4n) is 1.17. The lowest BCUT2D eigenvalue weighted by Crippen LogP contribution is -1.86. The van der Waals surface area contributed by atoms with Crippen LogP contribution in [-0.2, 0) is 0 Å². The molecule has 0 aliphatic rings. The number of halogens is 2. The second-order valence-corrected chi connectivity index (χ2v) is 3.20. The predicted molar refractivity (Wildman–Crippen MR) is 53.5 cm³/mol. The van der Waals surface area contributed by atoms with Crippen LogP contribution in [0.3, 0.4) is 0 Å². The molecule has 2 aromatic rings. The summed E-state index contributed by atoms with van der Waals surface area (Å²) in [6.45, 7) is 0. The molecular weight excluding hydrogens is 201 g/mol. The van der Waals surface area contributed by atoms with E-state index >= 15 is 0 Å². The standard InChI is InChI=1S/C11H6ClFN/c12-8-4-5-10(13)9(7-8)11-3-1-2-6-14-11/h2-7H. The molecule has 1 radical (unpaired) electrons. The normalized spacial score (nSPS) is 10.1. The molecule has 0 saturated carbocycles. The van der Waals surface area contributed by atoms with Crippen molar-refractivity contribution in [2.45, 2.75) is 0 Å².